The van der Waals surface area contributed by atoms with E-state index in [-0.39, 0.29) is 55.8 Å². The van der Waals surface area contributed by atoms with E-state index >= 15 is 8.42 Å². The van der Waals surface area contributed by atoms with E-state index in [1.165, 1.54) is 38.7 Å². The van der Waals surface area contributed by atoms with Crippen LogP contribution >= 0.6 is 0 Å². The van der Waals surface area contributed by atoms with Crippen LogP contribution in [0.3, 0.4) is 0 Å². The van der Waals surface area contributed by atoms with E-state index in [2.05, 4.69) is 23.6 Å². The van der Waals surface area contributed by atoms with Crippen molar-refractivity contribution in [2.75, 3.05) is 7.11 Å². The number of nitrogens with zero attached hydrogens (tertiary/aromatic N) is 6. The van der Waals surface area contributed by atoms with E-state index in [1.54, 1.807) is 37.5 Å². The molecular weight excluding hydrogens is 739 g/mol. The number of pyridine rings is 1. The van der Waals surface area contributed by atoms with Gasteiger partial charge >= 0.3 is 5.69 Å². The van der Waals surface area contributed by atoms with Crippen LogP contribution in [0.4, 0.5) is 0 Å². The predicted octanol–water partition coefficient (Wildman–Crippen LogP) is 7.18. The number of nitrogens with one attached hydrogen (secondary N) is 1. The minimum absolute atomic E-state index is 0.000965. The van der Waals surface area contributed by atoms with Crippen molar-refractivity contribution >= 4 is 38.0 Å². The van der Waals surface area contributed by atoms with Gasteiger partial charge in [0, 0.05) is 52.8 Å². The maximum Gasteiger partial charge on any atom is 0.329 e. The van der Waals surface area contributed by atoms with E-state index < -0.39 is 34.3 Å². The molecule has 3 fully saturated rings. The number of benzene rings is 2. The Hall–Kier alpha value is -5.69. The Labute approximate surface area is 335 Å². The number of aromatic nitrogens is 6. The first-order valence-electron chi connectivity index (χ1n) is 20.9. The van der Waals surface area contributed by atoms with Gasteiger partial charge in [0.15, 0.2) is 5.65 Å². The molecule has 2 aromatic carbocycles. The van der Waals surface area contributed by atoms with Gasteiger partial charge in [0.05, 0.1) is 45.9 Å². The minimum Gasteiger partial charge on any atom is -0.479 e. The number of carbonyl (C=O) groups is 1. The van der Waals surface area contributed by atoms with Gasteiger partial charge < -0.3 is 10.1 Å². The van der Waals surface area contributed by atoms with E-state index in [0.717, 1.165) is 35.8 Å². The molecule has 0 bridgehead atoms. The second-order valence-corrected chi connectivity index (χ2v) is 17.7. The van der Waals surface area contributed by atoms with Crippen molar-refractivity contribution in [1.82, 2.24) is 33.2 Å². The molecule has 1 amide bonds. The van der Waals surface area contributed by atoms with Gasteiger partial charge in [-0.05, 0) is 81.0 Å². The number of fused-ring (bicyclic) bond motifs is 3. The summed E-state index contributed by atoms with van der Waals surface area (Å²) in [5.74, 6) is 0.182. The van der Waals surface area contributed by atoms with Crippen LogP contribution in [-0.4, -0.2) is 54.8 Å². The van der Waals surface area contributed by atoms with Crippen LogP contribution in [0.2, 0.25) is 0 Å². The van der Waals surface area contributed by atoms with Crippen molar-refractivity contribution in [3.8, 4) is 28.3 Å². The first-order valence-corrected chi connectivity index (χ1v) is 20.9. The summed E-state index contributed by atoms with van der Waals surface area (Å²) in [6, 6.07) is 15.4. The highest BCUT2D eigenvalue weighted by atomic mass is 32.2. The Kier molecular flexibility index (Phi) is 7.90. The summed E-state index contributed by atoms with van der Waals surface area (Å²) in [6.45, 7) is 5.14. The van der Waals surface area contributed by atoms with Gasteiger partial charge in [-0.1, -0.05) is 54.6 Å². The van der Waals surface area contributed by atoms with Gasteiger partial charge in [-0.2, -0.15) is 0 Å². The Morgan fingerprint density at radius 2 is 1.77 bits per heavy atom. The first kappa shape index (κ1) is 33.4. The van der Waals surface area contributed by atoms with Crippen molar-refractivity contribution in [2.45, 2.75) is 79.7 Å². The van der Waals surface area contributed by atoms with Crippen LogP contribution in [0, 0.1) is 5.92 Å². The molecule has 294 valence electrons. The fourth-order valence-corrected chi connectivity index (χ4v) is 10.5. The van der Waals surface area contributed by atoms with Gasteiger partial charge in [0.25, 0.3) is 10.0 Å². The Balaban J connectivity index is 1.38. The highest BCUT2D eigenvalue weighted by Gasteiger charge is 2.43. The molecule has 57 heavy (non-hydrogen) atoms. The molecule has 13 heteroatoms. The summed E-state index contributed by atoms with van der Waals surface area (Å²) in [4.78, 5) is 32.7. The van der Waals surface area contributed by atoms with E-state index in [9.17, 15) is 9.59 Å². The molecule has 0 aliphatic heterocycles. The molecule has 0 atom stereocenters. The third-order valence-electron chi connectivity index (χ3n) is 12.4. The quantitative estimate of drug-likeness (QED) is 0.130. The summed E-state index contributed by atoms with van der Waals surface area (Å²) in [6.07, 6.45) is 12.8. The highest BCUT2D eigenvalue weighted by Crippen LogP contribution is 2.51. The Morgan fingerprint density at radius 1 is 1.05 bits per heavy atom. The largest absolute Gasteiger partial charge is 0.479 e. The zero-order valence-electron chi connectivity index (χ0n) is 35.1. The van der Waals surface area contributed by atoms with Gasteiger partial charge in [0.2, 0.25) is 11.8 Å². The Morgan fingerprint density at radius 3 is 2.39 bits per heavy atom. The molecule has 9 rings (SSSR count). The molecule has 6 aromatic rings. The molecule has 0 saturated heterocycles. The lowest BCUT2D eigenvalue weighted by molar-refractivity contribution is -0.124. The monoisotopic (exact) mass is 788 g/mol. The highest BCUT2D eigenvalue weighted by molar-refractivity contribution is 7.90. The summed E-state index contributed by atoms with van der Waals surface area (Å²) >= 11 is 0. The summed E-state index contributed by atoms with van der Waals surface area (Å²) in [7, 11) is -1.29. The normalized spacial score (nSPS) is 21.4. The molecule has 12 nitrogen and oxygen atoms in total. The first-order chi connectivity index (χ1) is 28.7. The molecule has 0 radical (unpaired) electrons. The number of hydrogen-bond acceptors (Lipinski definition) is 7. The molecule has 4 heterocycles. The number of ether oxygens (including phenoxy) is 1. The fourth-order valence-electron chi connectivity index (χ4n) is 8.98. The van der Waals surface area contributed by atoms with E-state index in [4.69, 9.17) is 13.8 Å². The summed E-state index contributed by atoms with van der Waals surface area (Å²) in [5, 5.41) is 8.12. The van der Waals surface area contributed by atoms with Crippen LogP contribution in [0.1, 0.15) is 73.5 Å². The third-order valence-corrected chi connectivity index (χ3v) is 14.1. The smallest absolute Gasteiger partial charge is 0.329 e. The molecular formula is C44H47N7O5S. The summed E-state index contributed by atoms with van der Waals surface area (Å²) < 4.78 is 67.0. The molecule has 3 aliphatic carbocycles. The van der Waals surface area contributed by atoms with Crippen LogP contribution in [0.5, 0.6) is 5.88 Å². The van der Waals surface area contributed by atoms with Gasteiger partial charge in [-0.3, -0.25) is 18.6 Å². The van der Waals surface area contributed by atoms with Crippen molar-refractivity contribution < 1.29 is 22.1 Å². The number of rotatable bonds is 12. The van der Waals surface area contributed by atoms with Crippen LogP contribution in [0.25, 0.3) is 44.5 Å². The minimum atomic E-state index is -4.45. The number of allylic oxidation sites excluding steroid dienone is 1. The number of imidazole rings is 1. The number of aryl methyl sites for hydroxylation is 2. The SMILES string of the molecule is [2H]C([2H])([2H])n1c(=O)n(C2CCC(CC=C)(NC(=O)C3CC3)CC2)c2c3c(-c4ccc(C5(C=C)CC5)cc4)c(-c4cn(C)nc4OC)n(S(=O)(=O)c4ccccc4)c3ncc21. The van der Waals surface area contributed by atoms with Crippen LogP contribution in [-0.2, 0) is 34.3 Å². The average molecular weight is 789 g/mol. The molecule has 1 N–H and O–H groups in total. The van der Waals surface area contributed by atoms with E-state index in [1.807, 2.05) is 30.3 Å². The van der Waals surface area contributed by atoms with Crippen molar-refractivity contribution in [2.24, 2.45) is 19.9 Å². The number of carbonyl (C=O) groups excluding carboxylic acids is 1. The lowest BCUT2D eigenvalue weighted by atomic mass is 9.77. The second-order valence-electron chi connectivity index (χ2n) is 15.9. The average Bonchev–Trinajstić information content (AvgIpc) is 4.14. The number of amides is 1. The maximum absolute atomic E-state index is 15.2. The van der Waals surface area contributed by atoms with Crippen molar-refractivity contribution in [3.05, 3.63) is 108 Å². The predicted molar refractivity (Wildman–Crippen MR) is 221 cm³/mol. The van der Waals surface area contributed by atoms with E-state index in [0.29, 0.717) is 48.8 Å². The molecule has 3 saturated carbocycles. The van der Waals surface area contributed by atoms with Crippen molar-refractivity contribution in [3.63, 3.8) is 0 Å². The zero-order valence-corrected chi connectivity index (χ0v) is 32.9. The standard InChI is InChI=1S/C44H47N7O5S/c1-6-21-44(46-40(52)29-13-14-29)22-19-31(20-23-44)50-38-34(49(4)42(50)53)26-45-39-36(38)35(28-15-17-30(18-16-28)43(7-2)24-25-43)37(33-27-48(3)47-41(33)56-5)51(39)57(54,55)32-11-9-8-10-12-32/h6-12,15-18,26-27,29,31H,1-2,13-14,19-25H2,3-5H3,(H,46,52)/i4D3. The van der Waals surface area contributed by atoms with Gasteiger partial charge in [0.1, 0.15) is 0 Å². The van der Waals surface area contributed by atoms with Crippen molar-refractivity contribution in [1.29, 1.82) is 0 Å². The third kappa shape index (κ3) is 5.88. The maximum atomic E-state index is 15.2. The second kappa shape index (κ2) is 13.5. The lowest BCUT2D eigenvalue weighted by Gasteiger charge is -2.41. The molecule has 4 aromatic heterocycles. The Bertz CT molecular complexity index is 2870. The number of hydrogen-bond donors (Lipinski definition) is 1. The van der Waals surface area contributed by atoms with Gasteiger partial charge in [-0.15, -0.1) is 18.3 Å². The molecule has 3 aliphatic rings. The fraction of sp³-hybridized carbons (Fsp3) is 0.364. The lowest BCUT2D eigenvalue weighted by Crippen LogP contribution is -2.51. The van der Waals surface area contributed by atoms with Crippen LogP contribution in [0.15, 0.2) is 102 Å². The summed E-state index contributed by atoms with van der Waals surface area (Å²) in [5.41, 5.74) is 1.44. The topological polar surface area (TPSA) is 135 Å². The van der Waals surface area contributed by atoms with Gasteiger partial charge in [-0.25, -0.2) is 22.2 Å². The molecule has 0 spiro atoms. The zero-order chi connectivity index (χ0) is 42.4. The molecule has 0 unspecified atom stereocenters. The van der Waals surface area contributed by atoms with Crippen LogP contribution < -0.4 is 15.7 Å². The number of methoxy groups -OCH3 is 1.